The zero-order chi connectivity index (χ0) is 14.3. The van der Waals surface area contributed by atoms with Crippen LogP contribution in [0, 0.1) is 5.41 Å². The van der Waals surface area contributed by atoms with Gasteiger partial charge in [0.25, 0.3) is 0 Å². The SMILES string of the molecule is CC(CN(C)Cc1ccccc1)OC(=O)CC(=N)N. The number of nitrogens with zero attached hydrogens (tertiary/aromatic N) is 1. The van der Waals surface area contributed by atoms with E-state index in [0.29, 0.717) is 6.54 Å². The molecule has 1 aromatic carbocycles. The Labute approximate surface area is 113 Å². The van der Waals surface area contributed by atoms with Crippen molar-refractivity contribution in [3.05, 3.63) is 35.9 Å². The molecule has 0 bridgehead atoms. The summed E-state index contributed by atoms with van der Waals surface area (Å²) < 4.78 is 5.17. The second-order valence-corrected chi connectivity index (χ2v) is 4.68. The number of benzene rings is 1. The predicted molar refractivity (Wildman–Crippen MR) is 74.9 cm³/mol. The molecular formula is C14H21N3O2. The molecule has 0 spiro atoms. The summed E-state index contributed by atoms with van der Waals surface area (Å²) in [6.45, 7) is 3.27. The number of hydrogen-bond donors (Lipinski definition) is 2. The third-order valence-electron chi connectivity index (χ3n) is 2.53. The maximum atomic E-state index is 11.3. The zero-order valence-corrected chi connectivity index (χ0v) is 11.4. The molecule has 0 aromatic heterocycles. The summed E-state index contributed by atoms with van der Waals surface area (Å²) in [5, 5.41) is 7.03. The first-order valence-electron chi connectivity index (χ1n) is 6.22. The molecule has 0 aliphatic carbocycles. The highest BCUT2D eigenvalue weighted by atomic mass is 16.5. The van der Waals surface area contributed by atoms with Crippen molar-refractivity contribution >= 4 is 11.8 Å². The molecule has 1 rings (SSSR count). The highest BCUT2D eigenvalue weighted by Crippen LogP contribution is 2.04. The van der Waals surface area contributed by atoms with E-state index in [9.17, 15) is 4.79 Å². The van der Waals surface area contributed by atoms with E-state index in [2.05, 4.69) is 17.0 Å². The van der Waals surface area contributed by atoms with Gasteiger partial charge in [0.15, 0.2) is 0 Å². The number of rotatable bonds is 7. The lowest BCUT2D eigenvalue weighted by Crippen LogP contribution is -2.31. The van der Waals surface area contributed by atoms with Gasteiger partial charge in [0, 0.05) is 13.1 Å². The van der Waals surface area contributed by atoms with Crippen LogP contribution in [0.15, 0.2) is 30.3 Å². The summed E-state index contributed by atoms with van der Waals surface area (Å²) in [6, 6.07) is 10.1. The van der Waals surface area contributed by atoms with Gasteiger partial charge in [-0.3, -0.25) is 15.1 Å². The number of esters is 1. The number of hydrogen-bond acceptors (Lipinski definition) is 4. The molecule has 5 heteroatoms. The zero-order valence-electron chi connectivity index (χ0n) is 11.4. The molecule has 19 heavy (non-hydrogen) atoms. The van der Waals surface area contributed by atoms with Crippen LogP contribution in [0.2, 0.25) is 0 Å². The van der Waals surface area contributed by atoms with Crippen molar-refractivity contribution in [2.24, 2.45) is 5.73 Å². The fourth-order valence-electron chi connectivity index (χ4n) is 1.86. The Morgan fingerprint density at radius 2 is 2.05 bits per heavy atom. The number of likely N-dealkylation sites (N-methyl/N-ethyl adjacent to an activating group) is 1. The fourth-order valence-corrected chi connectivity index (χ4v) is 1.86. The van der Waals surface area contributed by atoms with Crippen molar-refractivity contribution in [2.45, 2.75) is 26.0 Å². The van der Waals surface area contributed by atoms with E-state index in [1.165, 1.54) is 5.56 Å². The minimum atomic E-state index is -0.451. The fraction of sp³-hybridized carbons (Fsp3) is 0.429. The molecule has 0 amide bonds. The van der Waals surface area contributed by atoms with Gasteiger partial charge in [0.2, 0.25) is 0 Å². The van der Waals surface area contributed by atoms with Gasteiger partial charge >= 0.3 is 5.97 Å². The Morgan fingerprint density at radius 3 is 2.63 bits per heavy atom. The first kappa shape index (κ1) is 15.2. The van der Waals surface area contributed by atoms with Crippen molar-refractivity contribution in [2.75, 3.05) is 13.6 Å². The van der Waals surface area contributed by atoms with Crippen LogP contribution in [0.25, 0.3) is 0 Å². The molecule has 3 N–H and O–H groups in total. The lowest BCUT2D eigenvalue weighted by Gasteiger charge is -2.21. The Bertz CT molecular complexity index is 420. The number of carbonyl (C=O) groups is 1. The lowest BCUT2D eigenvalue weighted by atomic mass is 10.2. The summed E-state index contributed by atoms with van der Waals surface area (Å²) in [6.07, 6.45) is -0.368. The average molecular weight is 263 g/mol. The maximum Gasteiger partial charge on any atom is 0.313 e. The van der Waals surface area contributed by atoms with Crippen LogP contribution in [0.1, 0.15) is 18.9 Å². The van der Waals surface area contributed by atoms with Gasteiger partial charge in [-0.1, -0.05) is 30.3 Å². The quantitative estimate of drug-likeness (QED) is 0.442. The number of amidine groups is 1. The van der Waals surface area contributed by atoms with Crippen LogP contribution in [0.4, 0.5) is 0 Å². The van der Waals surface area contributed by atoms with Crippen molar-refractivity contribution in [1.82, 2.24) is 4.90 Å². The molecule has 1 aromatic rings. The first-order valence-corrected chi connectivity index (χ1v) is 6.22. The lowest BCUT2D eigenvalue weighted by molar-refractivity contribution is -0.147. The summed E-state index contributed by atoms with van der Waals surface area (Å²) in [4.78, 5) is 13.4. The monoisotopic (exact) mass is 263 g/mol. The topological polar surface area (TPSA) is 79.4 Å². The van der Waals surface area contributed by atoms with Gasteiger partial charge in [0.1, 0.15) is 18.4 Å². The van der Waals surface area contributed by atoms with Crippen LogP contribution in [0.5, 0.6) is 0 Å². The molecule has 1 atom stereocenters. The summed E-state index contributed by atoms with van der Waals surface area (Å²) in [5.41, 5.74) is 6.36. The highest BCUT2D eigenvalue weighted by molar-refractivity contribution is 5.94. The predicted octanol–water partition coefficient (Wildman–Crippen LogP) is 1.38. The standard InChI is InChI=1S/C14H21N3O2/c1-11(19-14(18)8-13(15)16)9-17(2)10-12-6-4-3-5-7-12/h3-7,11H,8-10H2,1-2H3,(H3,15,16). The van der Waals surface area contributed by atoms with Crippen LogP contribution >= 0.6 is 0 Å². The van der Waals surface area contributed by atoms with E-state index in [-0.39, 0.29) is 18.4 Å². The molecule has 0 aliphatic rings. The maximum absolute atomic E-state index is 11.3. The molecule has 0 saturated carbocycles. The minimum absolute atomic E-state index is 0.146. The molecule has 0 aliphatic heterocycles. The molecule has 0 fully saturated rings. The first-order chi connectivity index (χ1) is 8.97. The van der Waals surface area contributed by atoms with Gasteiger partial charge < -0.3 is 10.5 Å². The molecule has 5 nitrogen and oxygen atoms in total. The molecule has 0 heterocycles. The van der Waals surface area contributed by atoms with Crippen molar-refractivity contribution in [1.29, 1.82) is 5.41 Å². The molecule has 0 radical (unpaired) electrons. The van der Waals surface area contributed by atoms with Crippen LogP contribution in [-0.2, 0) is 16.1 Å². The number of nitrogens with one attached hydrogen (secondary N) is 1. The third-order valence-corrected chi connectivity index (χ3v) is 2.53. The minimum Gasteiger partial charge on any atom is -0.461 e. The summed E-state index contributed by atoms with van der Waals surface area (Å²) in [5.74, 6) is -0.622. The molecule has 0 saturated heterocycles. The smallest absolute Gasteiger partial charge is 0.313 e. The Hall–Kier alpha value is -1.88. The number of carbonyl (C=O) groups excluding carboxylic acids is 1. The van der Waals surface area contributed by atoms with Crippen molar-refractivity contribution < 1.29 is 9.53 Å². The van der Waals surface area contributed by atoms with Crippen molar-refractivity contribution in [3.8, 4) is 0 Å². The average Bonchev–Trinajstić information content (AvgIpc) is 2.28. The van der Waals surface area contributed by atoms with Gasteiger partial charge in [-0.05, 0) is 19.5 Å². The Morgan fingerprint density at radius 1 is 1.42 bits per heavy atom. The van der Waals surface area contributed by atoms with Gasteiger partial charge in [-0.15, -0.1) is 0 Å². The second kappa shape index (κ2) is 7.53. The van der Waals surface area contributed by atoms with E-state index in [1.807, 2.05) is 32.2 Å². The van der Waals surface area contributed by atoms with Gasteiger partial charge in [0.05, 0.1) is 0 Å². The van der Waals surface area contributed by atoms with Crippen LogP contribution < -0.4 is 5.73 Å². The highest BCUT2D eigenvalue weighted by Gasteiger charge is 2.12. The largest absolute Gasteiger partial charge is 0.461 e. The van der Waals surface area contributed by atoms with Crippen LogP contribution in [0.3, 0.4) is 0 Å². The summed E-state index contributed by atoms with van der Waals surface area (Å²) in [7, 11) is 1.97. The Balaban J connectivity index is 2.33. The van der Waals surface area contributed by atoms with E-state index in [4.69, 9.17) is 15.9 Å². The van der Waals surface area contributed by atoms with Crippen LogP contribution in [-0.4, -0.2) is 36.4 Å². The normalized spacial score (nSPS) is 12.2. The third kappa shape index (κ3) is 6.57. The van der Waals surface area contributed by atoms with E-state index < -0.39 is 5.97 Å². The van der Waals surface area contributed by atoms with E-state index in [0.717, 1.165) is 6.54 Å². The van der Waals surface area contributed by atoms with Gasteiger partial charge in [-0.25, -0.2) is 0 Å². The van der Waals surface area contributed by atoms with E-state index in [1.54, 1.807) is 0 Å². The summed E-state index contributed by atoms with van der Waals surface area (Å²) >= 11 is 0. The number of ether oxygens (including phenoxy) is 1. The van der Waals surface area contributed by atoms with Crippen molar-refractivity contribution in [3.63, 3.8) is 0 Å². The second-order valence-electron chi connectivity index (χ2n) is 4.68. The van der Waals surface area contributed by atoms with Gasteiger partial charge in [-0.2, -0.15) is 0 Å². The number of nitrogens with two attached hydrogens (primary N) is 1. The molecule has 104 valence electrons. The molecular weight excluding hydrogens is 242 g/mol. The molecule has 1 unspecified atom stereocenters. The van der Waals surface area contributed by atoms with E-state index >= 15 is 0 Å². The Kier molecular flexibility index (Phi) is 6.02.